The summed E-state index contributed by atoms with van der Waals surface area (Å²) in [6.45, 7) is 1.92. The van der Waals surface area contributed by atoms with Gasteiger partial charge in [-0.3, -0.25) is 4.79 Å². The molecule has 6 heteroatoms. The first-order valence-corrected chi connectivity index (χ1v) is 8.87. The van der Waals surface area contributed by atoms with Crippen LogP contribution in [0.2, 0.25) is 0 Å². The monoisotopic (exact) mass is 311 g/mol. The summed E-state index contributed by atoms with van der Waals surface area (Å²) in [6, 6.07) is 6.16. The normalized spacial score (nSPS) is 19.3. The SMILES string of the molecule is O=C(O)Cc1ccc(S(=O)(=O)CCC2CCCNC2)cc1. The molecule has 1 fully saturated rings. The van der Waals surface area contributed by atoms with Gasteiger partial charge < -0.3 is 10.4 Å². The van der Waals surface area contributed by atoms with E-state index in [9.17, 15) is 13.2 Å². The van der Waals surface area contributed by atoms with Crippen molar-refractivity contribution >= 4 is 15.8 Å². The molecule has 1 aromatic carbocycles. The molecular formula is C15H21NO4S. The zero-order valence-electron chi connectivity index (χ0n) is 11.9. The van der Waals surface area contributed by atoms with Gasteiger partial charge in [-0.1, -0.05) is 12.1 Å². The highest BCUT2D eigenvalue weighted by molar-refractivity contribution is 7.91. The highest BCUT2D eigenvalue weighted by Gasteiger charge is 2.19. The van der Waals surface area contributed by atoms with Crippen molar-refractivity contribution in [3.8, 4) is 0 Å². The van der Waals surface area contributed by atoms with Crippen molar-refractivity contribution in [2.75, 3.05) is 18.8 Å². The van der Waals surface area contributed by atoms with Gasteiger partial charge in [0, 0.05) is 0 Å². The van der Waals surface area contributed by atoms with Gasteiger partial charge in [-0.05, 0) is 56.0 Å². The molecule has 0 spiro atoms. The van der Waals surface area contributed by atoms with E-state index in [0.717, 1.165) is 25.9 Å². The number of hydrogen-bond acceptors (Lipinski definition) is 4. The fraction of sp³-hybridized carbons (Fsp3) is 0.533. The largest absolute Gasteiger partial charge is 0.481 e. The van der Waals surface area contributed by atoms with Gasteiger partial charge in [-0.25, -0.2) is 8.42 Å². The van der Waals surface area contributed by atoms with Crippen molar-refractivity contribution in [2.45, 2.75) is 30.6 Å². The molecule has 1 unspecified atom stereocenters. The third kappa shape index (κ3) is 4.82. The Labute approximate surface area is 125 Å². The van der Waals surface area contributed by atoms with Crippen LogP contribution in [0.25, 0.3) is 0 Å². The Morgan fingerprint density at radius 2 is 2.00 bits per heavy atom. The average molecular weight is 311 g/mol. The zero-order valence-corrected chi connectivity index (χ0v) is 12.7. The number of piperidine rings is 1. The number of rotatable bonds is 6. The lowest BCUT2D eigenvalue weighted by Crippen LogP contribution is -2.30. The summed E-state index contributed by atoms with van der Waals surface area (Å²) in [5, 5.41) is 12.0. The zero-order chi connectivity index (χ0) is 15.3. The molecule has 2 rings (SSSR count). The number of sulfone groups is 1. The Bertz CT molecular complexity index is 574. The van der Waals surface area contributed by atoms with Crippen LogP contribution in [0.15, 0.2) is 29.2 Å². The molecule has 1 aromatic rings. The van der Waals surface area contributed by atoms with Crippen LogP contribution >= 0.6 is 0 Å². The minimum absolute atomic E-state index is 0.0892. The van der Waals surface area contributed by atoms with Gasteiger partial charge in [0.1, 0.15) is 0 Å². The van der Waals surface area contributed by atoms with E-state index >= 15 is 0 Å². The minimum atomic E-state index is -3.28. The summed E-state index contributed by atoms with van der Waals surface area (Å²) >= 11 is 0. The lowest BCUT2D eigenvalue weighted by molar-refractivity contribution is -0.136. The maximum atomic E-state index is 12.3. The van der Waals surface area contributed by atoms with Gasteiger partial charge >= 0.3 is 5.97 Å². The topological polar surface area (TPSA) is 83.5 Å². The molecular weight excluding hydrogens is 290 g/mol. The maximum Gasteiger partial charge on any atom is 0.307 e. The highest BCUT2D eigenvalue weighted by Crippen LogP contribution is 2.19. The second-order valence-corrected chi connectivity index (χ2v) is 7.64. The first-order valence-electron chi connectivity index (χ1n) is 7.21. The van der Waals surface area contributed by atoms with Gasteiger partial charge in [0.25, 0.3) is 0 Å². The molecule has 0 radical (unpaired) electrons. The minimum Gasteiger partial charge on any atom is -0.481 e. The predicted molar refractivity (Wildman–Crippen MR) is 80.0 cm³/mol. The molecule has 0 aliphatic carbocycles. The second-order valence-electron chi connectivity index (χ2n) is 5.53. The van der Waals surface area contributed by atoms with Crippen LogP contribution in [0.5, 0.6) is 0 Å². The molecule has 1 atom stereocenters. The number of nitrogens with one attached hydrogen (secondary N) is 1. The second kappa shape index (κ2) is 7.04. The van der Waals surface area contributed by atoms with Crippen LogP contribution in [0.1, 0.15) is 24.8 Å². The molecule has 0 aromatic heterocycles. The number of carboxylic acids is 1. The first-order chi connectivity index (χ1) is 9.97. The number of aliphatic carboxylic acids is 1. The quantitative estimate of drug-likeness (QED) is 0.831. The Kier molecular flexibility index (Phi) is 5.36. The summed E-state index contributed by atoms with van der Waals surface area (Å²) in [6.07, 6.45) is 2.77. The van der Waals surface area contributed by atoms with E-state index in [1.54, 1.807) is 12.1 Å². The van der Waals surface area contributed by atoms with Crippen LogP contribution in [-0.2, 0) is 21.1 Å². The van der Waals surface area contributed by atoms with Gasteiger partial charge in [0.15, 0.2) is 9.84 Å². The van der Waals surface area contributed by atoms with Crippen LogP contribution in [0, 0.1) is 5.92 Å². The van der Waals surface area contributed by atoms with Crippen molar-refractivity contribution in [3.63, 3.8) is 0 Å². The number of carboxylic acid groups (broad SMARTS) is 1. The standard InChI is InChI=1S/C15H21NO4S/c17-15(18)10-12-3-5-14(6-4-12)21(19,20)9-7-13-2-1-8-16-11-13/h3-6,13,16H,1-2,7-11H2,(H,17,18). The number of benzene rings is 1. The molecule has 116 valence electrons. The Morgan fingerprint density at radius 3 is 2.57 bits per heavy atom. The number of hydrogen-bond donors (Lipinski definition) is 2. The summed E-state index contributed by atoms with van der Waals surface area (Å²) < 4.78 is 24.5. The maximum absolute atomic E-state index is 12.3. The fourth-order valence-electron chi connectivity index (χ4n) is 2.60. The fourth-order valence-corrected chi connectivity index (χ4v) is 4.03. The first kappa shape index (κ1) is 16.0. The van der Waals surface area contributed by atoms with Crippen molar-refractivity contribution < 1.29 is 18.3 Å². The Hall–Kier alpha value is -1.40. The molecule has 1 aliphatic heterocycles. The summed E-state index contributed by atoms with van der Waals surface area (Å²) in [7, 11) is -3.28. The predicted octanol–water partition coefficient (Wildman–Crippen LogP) is 1.48. The molecule has 5 nitrogen and oxygen atoms in total. The van der Waals surface area contributed by atoms with E-state index in [2.05, 4.69) is 5.32 Å². The molecule has 2 N–H and O–H groups in total. The van der Waals surface area contributed by atoms with Gasteiger partial charge in [-0.2, -0.15) is 0 Å². The van der Waals surface area contributed by atoms with E-state index in [-0.39, 0.29) is 17.1 Å². The smallest absolute Gasteiger partial charge is 0.307 e. The van der Waals surface area contributed by atoms with E-state index in [1.165, 1.54) is 12.1 Å². The lowest BCUT2D eigenvalue weighted by Gasteiger charge is -2.22. The van der Waals surface area contributed by atoms with Gasteiger partial charge in [0.05, 0.1) is 17.1 Å². The van der Waals surface area contributed by atoms with E-state index in [4.69, 9.17) is 5.11 Å². The summed E-state index contributed by atoms with van der Waals surface area (Å²) in [5.41, 5.74) is 0.609. The molecule has 1 saturated heterocycles. The third-order valence-electron chi connectivity index (χ3n) is 3.83. The Balaban J connectivity index is 1.96. The molecule has 0 saturated carbocycles. The van der Waals surface area contributed by atoms with Crippen LogP contribution in [-0.4, -0.2) is 38.3 Å². The molecule has 0 bridgehead atoms. The van der Waals surface area contributed by atoms with Crippen LogP contribution in [0.4, 0.5) is 0 Å². The van der Waals surface area contributed by atoms with Crippen molar-refractivity contribution in [3.05, 3.63) is 29.8 Å². The number of carbonyl (C=O) groups is 1. The van der Waals surface area contributed by atoms with E-state index in [0.29, 0.717) is 17.9 Å². The lowest BCUT2D eigenvalue weighted by atomic mass is 9.97. The van der Waals surface area contributed by atoms with E-state index < -0.39 is 15.8 Å². The van der Waals surface area contributed by atoms with Crippen LogP contribution in [0.3, 0.4) is 0 Å². The average Bonchev–Trinajstić information content (AvgIpc) is 2.46. The van der Waals surface area contributed by atoms with E-state index in [1.807, 2.05) is 0 Å². The van der Waals surface area contributed by atoms with Gasteiger partial charge in [-0.15, -0.1) is 0 Å². The van der Waals surface area contributed by atoms with Crippen molar-refractivity contribution in [1.29, 1.82) is 0 Å². The summed E-state index contributed by atoms with van der Waals surface area (Å²) in [4.78, 5) is 10.9. The Morgan fingerprint density at radius 1 is 1.29 bits per heavy atom. The molecule has 0 amide bonds. The molecule has 21 heavy (non-hydrogen) atoms. The van der Waals surface area contributed by atoms with Gasteiger partial charge in [0.2, 0.25) is 0 Å². The summed E-state index contributed by atoms with van der Waals surface area (Å²) in [5.74, 6) is -0.340. The van der Waals surface area contributed by atoms with Crippen molar-refractivity contribution in [1.82, 2.24) is 5.32 Å². The molecule has 1 heterocycles. The van der Waals surface area contributed by atoms with Crippen molar-refractivity contribution in [2.24, 2.45) is 5.92 Å². The van der Waals surface area contributed by atoms with Crippen LogP contribution < -0.4 is 5.32 Å². The highest BCUT2D eigenvalue weighted by atomic mass is 32.2. The third-order valence-corrected chi connectivity index (χ3v) is 5.60. The molecule has 1 aliphatic rings.